The van der Waals surface area contributed by atoms with Gasteiger partial charge in [0.05, 0.1) is 10.5 Å². The second-order valence-electron chi connectivity index (χ2n) is 4.06. The number of carbonyl (C=O) groups excluding carboxylic acids is 1. The van der Waals surface area contributed by atoms with Crippen LogP contribution in [0.5, 0.6) is 17.2 Å². The van der Waals surface area contributed by atoms with E-state index in [4.69, 9.17) is 0 Å². The van der Waals surface area contributed by atoms with E-state index >= 15 is 0 Å². The van der Waals surface area contributed by atoms with Crippen LogP contribution in [0.25, 0.3) is 0 Å². The number of aromatic hydroxyl groups is 3. The molecule has 0 fully saturated rings. The first kappa shape index (κ1) is 14.1. The molecule has 8 nitrogen and oxygen atoms in total. The van der Waals surface area contributed by atoms with Crippen LogP contribution in [-0.2, 0) is 0 Å². The Labute approximate surface area is 118 Å². The van der Waals surface area contributed by atoms with Crippen LogP contribution < -0.4 is 5.32 Å². The summed E-state index contributed by atoms with van der Waals surface area (Å²) in [6, 6.07) is 7.26. The summed E-state index contributed by atoms with van der Waals surface area (Å²) in [5.41, 5.74) is -1.18. The smallest absolute Gasteiger partial charge is 0.296 e. The zero-order valence-corrected chi connectivity index (χ0v) is 10.5. The molecule has 0 bridgehead atoms. The molecule has 21 heavy (non-hydrogen) atoms. The SMILES string of the molecule is O=C(Nc1c(O)cccc1[N+](=O)[O-])c1cccc(O)c1O. The molecule has 0 saturated carbocycles. The summed E-state index contributed by atoms with van der Waals surface area (Å²) >= 11 is 0. The molecule has 0 unspecified atom stereocenters. The van der Waals surface area contributed by atoms with Crippen LogP contribution in [0.15, 0.2) is 36.4 Å². The van der Waals surface area contributed by atoms with Crippen LogP contribution in [0.3, 0.4) is 0 Å². The highest BCUT2D eigenvalue weighted by Gasteiger charge is 2.22. The standard InChI is InChI=1S/C13H10N2O6/c16-9-5-2-4-8(15(20)21)11(9)14-13(19)7-3-1-6-10(17)12(7)18/h1-6,16-18H,(H,14,19). The van der Waals surface area contributed by atoms with Gasteiger partial charge in [-0.05, 0) is 18.2 Å². The van der Waals surface area contributed by atoms with Gasteiger partial charge < -0.3 is 20.6 Å². The molecule has 0 aromatic heterocycles. The zero-order valence-electron chi connectivity index (χ0n) is 10.5. The van der Waals surface area contributed by atoms with Crippen molar-refractivity contribution in [3.63, 3.8) is 0 Å². The molecule has 0 saturated heterocycles. The number of nitrogens with zero attached hydrogens (tertiary/aromatic N) is 1. The molecule has 2 aromatic carbocycles. The number of hydrogen-bond donors (Lipinski definition) is 4. The normalized spacial score (nSPS) is 10.1. The van der Waals surface area contributed by atoms with E-state index in [0.717, 1.165) is 6.07 Å². The molecule has 4 N–H and O–H groups in total. The number of phenolic OH excluding ortho intramolecular Hbond substituents is 3. The van der Waals surface area contributed by atoms with E-state index in [0.29, 0.717) is 0 Å². The van der Waals surface area contributed by atoms with Crippen molar-refractivity contribution in [1.29, 1.82) is 0 Å². The lowest BCUT2D eigenvalue weighted by atomic mass is 10.1. The fraction of sp³-hybridized carbons (Fsp3) is 0. The van der Waals surface area contributed by atoms with E-state index in [1.165, 1.54) is 30.3 Å². The number of nitrogens with one attached hydrogen (secondary N) is 1. The molecule has 0 aliphatic rings. The first-order valence-corrected chi connectivity index (χ1v) is 5.70. The molecule has 2 rings (SSSR count). The summed E-state index contributed by atoms with van der Waals surface area (Å²) in [6.45, 7) is 0. The Morgan fingerprint density at radius 3 is 2.33 bits per heavy atom. The number of para-hydroxylation sites is 2. The summed E-state index contributed by atoms with van der Waals surface area (Å²) in [5, 5.41) is 41.5. The van der Waals surface area contributed by atoms with E-state index in [9.17, 15) is 30.2 Å². The van der Waals surface area contributed by atoms with E-state index in [-0.39, 0.29) is 5.56 Å². The van der Waals surface area contributed by atoms with Crippen molar-refractivity contribution in [3.8, 4) is 17.2 Å². The lowest BCUT2D eigenvalue weighted by molar-refractivity contribution is -0.384. The molecule has 1 amide bonds. The minimum atomic E-state index is -0.909. The van der Waals surface area contributed by atoms with Crippen molar-refractivity contribution >= 4 is 17.3 Å². The van der Waals surface area contributed by atoms with Crippen LogP contribution in [0.4, 0.5) is 11.4 Å². The second kappa shape index (κ2) is 5.37. The summed E-state index contributed by atoms with van der Waals surface area (Å²) in [5.74, 6) is -2.56. The third-order valence-corrected chi connectivity index (χ3v) is 2.72. The lowest BCUT2D eigenvalue weighted by Gasteiger charge is -2.09. The average Bonchev–Trinajstić information content (AvgIpc) is 2.43. The number of rotatable bonds is 3. The highest BCUT2D eigenvalue weighted by molar-refractivity contribution is 6.08. The van der Waals surface area contributed by atoms with Crippen molar-refractivity contribution in [2.45, 2.75) is 0 Å². The number of hydrogen-bond acceptors (Lipinski definition) is 6. The predicted octanol–water partition coefficient (Wildman–Crippen LogP) is 1.96. The molecule has 0 heterocycles. The highest BCUT2D eigenvalue weighted by atomic mass is 16.6. The summed E-state index contributed by atoms with van der Waals surface area (Å²) in [6.07, 6.45) is 0. The van der Waals surface area contributed by atoms with Crippen LogP contribution >= 0.6 is 0 Å². The maximum absolute atomic E-state index is 12.0. The van der Waals surface area contributed by atoms with E-state index < -0.39 is 39.5 Å². The monoisotopic (exact) mass is 290 g/mol. The Morgan fingerprint density at radius 2 is 1.67 bits per heavy atom. The number of carbonyl (C=O) groups is 1. The predicted molar refractivity (Wildman–Crippen MR) is 72.5 cm³/mol. The van der Waals surface area contributed by atoms with Crippen LogP contribution in [0.1, 0.15) is 10.4 Å². The van der Waals surface area contributed by atoms with Crippen LogP contribution in [0.2, 0.25) is 0 Å². The molecule has 0 aliphatic carbocycles. The number of benzene rings is 2. The Bertz CT molecular complexity index is 729. The van der Waals surface area contributed by atoms with Crippen molar-refractivity contribution in [2.24, 2.45) is 0 Å². The number of nitro benzene ring substituents is 1. The van der Waals surface area contributed by atoms with E-state index in [2.05, 4.69) is 5.32 Å². The Kier molecular flexibility index (Phi) is 3.61. The first-order valence-electron chi connectivity index (χ1n) is 5.70. The Morgan fingerprint density at radius 1 is 1.05 bits per heavy atom. The van der Waals surface area contributed by atoms with Crippen molar-refractivity contribution in [1.82, 2.24) is 0 Å². The third-order valence-electron chi connectivity index (χ3n) is 2.72. The number of nitro groups is 1. The van der Waals surface area contributed by atoms with Crippen LogP contribution in [0, 0.1) is 10.1 Å². The number of amides is 1. The molecule has 108 valence electrons. The molecular formula is C13H10N2O6. The first-order chi connectivity index (χ1) is 9.91. The Hall–Kier alpha value is -3.29. The van der Waals surface area contributed by atoms with E-state index in [1.807, 2.05) is 0 Å². The summed E-state index contributed by atoms with van der Waals surface area (Å²) in [4.78, 5) is 22.1. The molecule has 0 spiro atoms. The van der Waals surface area contributed by atoms with Crippen LogP contribution in [-0.4, -0.2) is 26.2 Å². The van der Waals surface area contributed by atoms with Gasteiger partial charge in [-0.15, -0.1) is 0 Å². The molecule has 0 radical (unpaired) electrons. The Balaban J connectivity index is 2.41. The zero-order chi connectivity index (χ0) is 15.6. The maximum atomic E-state index is 12.0. The fourth-order valence-electron chi connectivity index (χ4n) is 1.70. The van der Waals surface area contributed by atoms with E-state index in [1.54, 1.807) is 0 Å². The summed E-state index contributed by atoms with van der Waals surface area (Å²) < 4.78 is 0. The van der Waals surface area contributed by atoms with Crippen molar-refractivity contribution in [3.05, 3.63) is 52.1 Å². The van der Waals surface area contributed by atoms with Gasteiger partial charge in [-0.1, -0.05) is 12.1 Å². The van der Waals surface area contributed by atoms with Crippen molar-refractivity contribution < 1.29 is 25.0 Å². The molecular weight excluding hydrogens is 280 g/mol. The summed E-state index contributed by atoms with van der Waals surface area (Å²) in [7, 11) is 0. The fourth-order valence-corrected chi connectivity index (χ4v) is 1.70. The molecule has 0 atom stereocenters. The maximum Gasteiger partial charge on any atom is 0.296 e. The minimum absolute atomic E-state index is 0.285. The molecule has 0 aliphatic heterocycles. The second-order valence-corrected chi connectivity index (χ2v) is 4.06. The van der Waals surface area contributed by atoms with Gasteiger partial charge in [0.1, 0.15) is 5.75 Å². The highest BCUT2D eigenvalue weighted by Crippen LogP contribution is 2.35. The van der Waals surface area contributed by atoms with Crippen molar-refractivity contribution in [2.75, 3.05) is 5.32 Å². The third kappa shape index (κ3) is 2.68. The number of phenols is 3. The lowest BCUT2D eigenvalue weighted by Crippen LogP contribution is -2.13. The topological polar surface area (TPSA) is 133 Å². The van der Waals surface area contributed by atoms with Gasteiger partial charge in [-0.3, -0.25) is 14.9 Å². The molecule has 2 aromatic rings. The number of anilines is 1. The van der Waals surface area contributed by atoms with Gasteiger partial charge in [0.25, 0.3) is 11.6 Å². The minimum Gasteiger partial charge on any atom is -0.505 e. The van der Waals surface area contributed by atoms with Gasteiger partial charge in [0.15, 0.2) is 17.2 Å². The quantitative estimate of drug-likeness (QED) is 0.388. The van der Waals surface area contributed by atoms with Gasteiger partial charge in [-0.25, -0.2) is 0 Å². The largest absolute Gasteiger partial charge is 0.505 e. The van der Waals surface area contributed by atoms with Gasteiger partial charge in [0, 0.05) is 6.07 Å². The molecule has 8 heteroatoms. The average molecular weight is 290 g/mol. The van der Waals surface area contributed by atoms with Gasteiger partial charge in [0.2, 0.25) is 0 Å². The van der Waals surface area contributed by atoms with Gasteiger partial charge in [-0.2, -0.15) is 0 Å². The van der Waals surface area contributed by atoms with Gasteiger partial charge >= 0.3 is 0 Å².